The first-order chi connectivity index (χ1) is 15.5. The van der Waals surface area contributed by atoms with E-state index >= 15 is 0 Å². The maximum Gasteiger partial charge on any atom is 0.295 e. The Labute approximate surface area is 188 Å². The summed E-state index contributed by atoms with van der Waals surface area (Å²) < 4.78 is 16.1. The second kappa shape index (κ2) is 10.2. The summed E-state index contributed by atoms with van der Waals surface area (Å²) in [5, 5.41) is 11.2. The Morgan fingerprint density at radius 1 is 1.00 bits per heavy atom. The third-order valence-corrected chi connectivity index (χ3v) is 5.46. The zero-order valence-corrected chi connectivity index (χ0v) is 18.9. The van der Waals surface area contributed by atoms with Crippen LogP contribution in [0.4, 0.5) is 0 Å². The molecule has 1 aliphatic heterocycles. The molecule has 0 aliphatic carbocycles. The molecule has 0 saturated carbocycles. The predicted molar refractivity (Wildman–Crippen MR) is 121 cm³/mol. The molecule has 1 aliphatic rings. The van der Waals surface area contributed by atoms with Gasteiger partial charge in [0.25, 0.3) is 11.7 Å². The highest BCUT2D eigenvalue weighted by atomic mass is 16.5. The van der Waals surface area contributed by atoms with Gasteiger partial charge in [-0.1, -0.05) is 25.5 Å². The van der Waals surface area contributed by atoms with Crippen molar-refractivity contribution in [1.29, 1.82) is 0 Å². The molecule has 0 aromatic heterocycles. The van der Waals surface area contributed by atoms with E-state index < -0.39 is 17.7 Å². The van der Waals surface area contributed by atoms with Crippen LogP contribution in [0.25, 0.3) is 5.76 Å². The van der Waals surface area contributed by atoms with Crippen LogP contribution in [0.3, 0.4) is 0 Å². The van der Waals surface area contributed by atoms with E-state index in [0.29, 0.717) is 36.0 Å². The fourth-order valence-electron chi connectivity index (χ4n) is 3.84. The topological polar surface area (TPSA) is 85.3 Å². The number of carbonyl (C=O) groups excluding carboxylic acids is 2. The van der Waals surface area contributed by atoms with Gasteiger partial charge in [0.15, 0.2) is 0 Å². The van der Waals surface area contributed by atoms with Crippen molar-refractivity contribution in [3.63, 3.8) is 0 Å². The number of Topliss-reactive ketones (excluding diaryl/α,β-unsaturated/α-hetero) is 1. The summed E-state index contributed by atoms with van der Waals surface area (Å²) in [4.78, 5) is 27.5. The van der Waals surface area contributed by atoms with Crippen LogP contribution in [0.5, 0.6) is 17.2 Å². The summed E-state index contributed by atoms with van der Waals surface area (Å²) in [7, 11) is 2.99. The van der Waals surface area contributed by atoms with E-state index in [1.165, 1.54) is 19.1 Å². The molecule has 170 valence electrons. The third kappa shape index (κ3) is 4.42. The first-order valence-corrected chi connectivity index (χ1v) is 10.7. The monoisotopic (exact) mass is 439 g/mol. The van der Waals surface area contributed by atoms with Gasteiger partial charge < -0.3 is 24.2 Å². The predicted octanol–water partition coefficient (Wildman–Crippen LogP) is 4.32. The summed E-state index contributed by atoms with van der Waals surface area (Å²) in [5.74, 6) is -0.0297. The average Bonchev–Trinajstić information content (AvgIpc) is 3.07. The van der Waals surface area contributed by atoms with Gasteiger partial charge in [0.05, 0.1) is 38.0 Å². The highest BCUT2D eigenvalue weighted by Gasteiger charge is 2.46. The number of carbonyl (C=O) groups is 2. The van der Waals surface area contributed by atoms with Crippen LogP contribution in [-0.4, -0.2) is 49.1 Å². The van der Waals surface area contributed by atoms with Crippen LogP contribution >= 0.6 is 0 Å². The van der Waals surface area contributed by atoms with Crippen LogP contribution in [0.15, 0.2) is 48.0 Å². The lowest BCUT2D eigenvalue weighted by Crippen LogP contribution is -2.30. The van der Waals surface area contributed by atoms with Gasteiger partial charge in [0.2, 0.25) is 0 Å². The molecule has 1 N–H and O–H groups in total. The molecule has 3 rings (SSSR count). The molecular weight excluding hydrogens is 410 g/mol. The quantitative estimate of drug-likeness (QED) is 0.356. The van der Waals surface area contributed by atoms with Crippen molar-refractivity contribution in [1.82, 2.24) is 4.90 Å². The van der Waals surface area contributed by atoms with E-state index in [-0.39, 0.29) is 11.3 Å². The standard InChI is InChI=1S/C25H29NO6/c1-5-7-14-26-22(16-8-10-17(11-9-16)32-6-2)21(24(28)25(26)29)23(27)19-13-12-18(30-3)15-20(19)31-4/h8-13,15,22,27H,5-7,14H2,1-4H3/b23-21-. The number of unbranched alkanes of at least 4 members (excludes halogenated alkanes) is 1. The van der Waals surface area contributed by atoms with E-state index in [9.17, 15) is 14.7 Å². The summed E-state index contributed by atoms with van der Waals surface area (Å²) in [5.41, 5.74) is 1.08. The number of nitrogens with zero attached hydrogens (tertiary/aromatic N) is 1. The molecule has 0 bridgehead atoms. The van der Waals surface area contributed by atoms with Gasteiger partial charge in [-0.25, -0.2) is 0 Å². The summed E-state index contributed by atoms with van der Waals surface area (Å²) >= 11 is 0. The molecular formula is C25H29NO6. The van der Waals surface area contributed by atoms with E-state index in [2.05, 4.69) is 0 Å². The Kier molecular flexibility index (Phi) is 7.41. The Morgan fingerprint density at radius 2 is 1.69 bits per heavy atom. The lowest BCUT2D eigenvalue weighted by atomic mass is 9.94. The second-order valence-corrected chi connectivity index (χ2v) is 7.41. The summed E-state index contributed by atoms with van der Waals surface area (Å²) in [6.07, 6.45) is 1.61. The molecule has 1 amide bonds. The van der Waals surface area contributed by atoms with Crippen molar-refractivity contribution in [3.05, 3.63) is 59.2 Å². The molecule has 1 unspecified atom stereocenters. The van der Waals surface area contributed by atoms with E-state index in [4.69, 9.17) is 14.2 Å². The fraction of sp³-hybridized carbons (Fsp3) is 0.360. The molecule has 1 heterocycles. The molecule has 32 heavy (non-hydrogen) atoms. The highest BCUT2D eigenvalue weighted by molar-refractivity contribution is 6.46. The van der Waals surface area contributed by atoms with Crippen molar-refractivity contribution >= 4 is 17.4 Å². The molecule has 1 saturated heterocycles. The van der Waals surface area contributed by atoms with Gasteiger partial charge in [0, 0.05) is 12.6 Å². The van der Waals surface area contributed by atoms with Crippen molar-refractivity contribution in [2.45, 2.75) is 32.7 Å². The number of likely N-dealkylation sites (tertiary alicyclic amines) is 1. The summed E-state index contributed by atoms with van der Waals surface area (Å²) in [6.45, 7) is 4.86. The van der Waals surface area contributed by atoms with E-state index in [0.717, 1.165) is 18.4 Å². The minimum atomic E-state index is -0.713. The molecule has 7 heteroatoms. The fourth-order valence-corrected chi connectivity index (χ4v) is 3.84. The number of hydrogen-bond donors (Lipinski definition) is 1. The molecule has 1 atom stereocenters. The number of methoxy groups -OCH3 is 2. The average molecular weight is 440 g/mol. The summed E-state index contributed by atoms with van der Waals surface area (Å²) in [6, 6.07) is 11.4. The molecule has 1 fully saturated rings. The minimum absolute atomic E-state index is 0.0405. The van der Waals surface area contributed by atoms with Gasteiger partial charge in [0.1, 0.15) is 23.0 Å². The van der Waals surface area contributed by atoms with Crippen LogP contribution in [-0.2, 0) is 9.59 Å². The smallest absolute Gasteiger partial charge is 0.295 e. The third-order valence-electron chi connectivity index (χ3n) is 5.46. The number of benzene rings is 2. The lowest BCUT2D eigenvalue weighted by molar-refractivity contribution is -0.139. The van der Waals surface area contributed by atoms with Gasteiger partial charge >= 0.3 is 0 Å². The lowest BCUT2D eigenvalue weighted by Gasteiger charge is -2.25. The van der Waals surface area contributed by atoms with Crippen molar-refractivity contribution in [2.75, 3.05) is 27.4 Å². The Morgan fingerprint density at radius 3 is 2.28 bits per heavy atom. The molecule has 0 radical (unpaired) electrons. The first-order valence-electron chi connectivity index (χ1n) is 10.7. The van der Waals surface area contributed by atoms with Crippen LogP contribution in [0.1, 0.15) is 43.9 Å². The Bertz CT molecular complexity index is 1010. The van der Waals surface area contributed by atoms with Crippen LogP contribution in [0, 0.1) is 0 Å². The highest BCUT2D eigenvalue weighted by Crippen LogP contribution is 2.42. The largest absolute Gasteiger partial charge is 0.507 e. The SMILES string of the molecule is CCCCN1C(=O)C(=O)/C(=C(\O)c2ccc(OC)cc2OC)C1c1ccc(OCC)cc1. The van der Waals surface area contributed by atoms with Crippen LogP contribution in [0.2, 0.25) is 0 Å². The van der Waals surface area contributed by atoms with Crippen molar-refractivity contribution < 1.29 is 28.9 Å². The van der Waals surface area contributed by atoms with Gasteiger partial charge in [-0.3, -0.25) is 9.59 Å². The zero-order valence-electron chi connectivity index (χ0n) is 18.9. The zero-order chi connectivity index (χ0) is 23.3. The van der Waals surface area contributed by atoms with Crippen molar-refractivity contribution in [3.8, 4) is 17.2 Å². The number of aliphatic hydroxyl groups is 1. The Hall–Kier alpha value is -3.48. The number of amides is 1. The molecule has 7 nitrogen and oxygen atoms in total. The second-order valence-electron chi connectivity index (χ2n) is 7.41. The maximum absolute atomic E-state index is 13.1. The normalized spacial score (nSPS) is 17.5. The molecule has 2 aromatic carbocycles. The van der Waals surface area contributed by atoms with Crippen molar-refractivity contribution in [2.24, 2.45) is 0 Å². The van der Waals surface area contributed by atoms with E-state index in [1.54, 1.807) is 30.3 Å². The number of hydrogen-bond acceptors (Lipinski definition) is 6. The van der Waals surface area contributed by atoms with Gasteiger partial charge in [-0.15, -0.1) is 0 Å². The molecule has 2 aromatic rings. The van der Waals surface area contributed by atoms with Gasteiger partial charge in [-0.2, -0.15) is 0 Å². The van der Waals surface area contributed by atoms with Crippen LogP contribution < -0.4 is 14.2 Å². The van der Waals surface area contributed by atoms with Gasteiger partial charge in [-0.05, 0) is 43.2 Å². The number of rotatable bonds is 9. The number of aliphatic hydroxyl groups excluding tert-OH is 1. The molecule has 0 spiro atoms. The number of ether oxygens (including phenoxy) is 3. The van der Waals surface area contributed by atoms with E-state index in [1.807, 2.05) is 26.0 Å². The number of ketones is 1. The minimum Gasteiger partial charge on any atom is -0.507 e. The Balaban J connectivity index is 2.16. The maximum atomic E-state index is 13.1. The first kappa shape index (κ1) is 23.2.